The van der Waals surface area contributed by atoms with Crippen LogP contribution in [0, 0.1) is 0 Å². The van der Waals surface area contributed by atoms with Crippen LogP contribution in [0.5, 0.6) is 11.5 Å². The largest absolute Gasteiger partial charge is 0.485 e. The third kappa shape index (κ3) is 4.01. The molecule has 1 fully saturated rings. The zero-order valence-corrected chi connectivity index (χ0v) is 20.0. The molecule has 0 aliphatic carbocycles. The van der Waals surface area contributed by atoms with Gasteiger partial charge in [-0.1, -0.05) is 12.1 Å². The van der Waals surface area contributed by atoms with Gasteiger partial charge in [0.05, 0.1) is 0 Å². The number of nitrogens with one attached hydrogen (secondary N) is 1. The number of aromatic nitrogens is 4. The summed E-state index contributed by atoms with van der Waals surface area (Å²) in [5.74, 6) is 1.58. The van der Waals surface area contributed by atoms with Gasteiger partial charge in [0, 0.05) is 46.8 Å². The van der Waals surface area contributed by atoms with Gasteiger partial charge in [0.25, 0.3) is 11.5 Å². The van der Waals surface area contributed by atoms with E-state index in [4.69, 9.17) is 9.47 Å². The van der Waals surface area contributed by atoms with E-state index >= 15 is 0 Å². The molecule has 0 radical (unpaired) electrons. The van der Waals surface area contributed by atoms with Crippen molar-refractivity contribution in [1.82, 2.24) is 28.9 Å². The van der Waals surface area contributed by atoms with Crippen LogP contribution in [-0.2, 0) is 25.4 Å². The van der Waals surface area contributed by atoms with Crippen molar-refractivity contribution < 1.29 is 14.3 Å². The normalized spacial score (nSPS) is 17.9. The third-order valence-corrected chi connectivity index (χ3v) is 6.46. The lowest BCUT2D eigenvalue weighted by Crippen LogP contribution is -2.53. The van der Waals surface area contributed by atoms with Gasteiger partial charge in [0.15, 0.2) is 22.7 Å². The summed E-state index contributed by atoms with van der Waals surface area (Å²) in [7, 11) is 3.22. The summed E-state index contributed by atoms with van der Waals surface area (Å²) in [5.41, 5.74) is 0.806. The number of ether oxygens (including phenoxy) is 2. The van der Waals surface area contributed by atoms with Crippen LogP contribution < -0.4 is 26.0 Å². The van der Waals surface area contributed by atoms with Gasteiger partial charge in [-0.2, -0.15) is 0 Å². The molecule has 184 valence electrons. The predicted octanol–water partition coefficient (Wildman–Crippen LogP) is 0.196. The Hall–Kier alpha value is -3.86. The smallest absolute Gasteiger partial charge is 0.332 e. The van der Waals surface area contributed by atoms with Crippen LogP contribution in [0.2, 0.25) is 0 Å². The van der Waals surface area contributed by atoms with Crippen molar-refractivity contribution in [2.45, 2.75) is 19.6 Å². The van der Waals surface area contributed by atoms with E-state index in [1.165, 1.54) is 11.6 Å². The van der Waals surface area contributed by atoms with Gasteiger partial charge in [0.1, 0.15) is 12.4 Å². The van der Waals surface area contributed by atoms with E-state index in [1.54, 1.807) is 28.7 Å². The molecule has 1 N–H and O–H groups in total. The summed E-state index contributed by atoms with van der Waals surface area (Å²) >= 11 is 0. The van der Waals surface area contributed by atoms with Gasteiger partial charge in [-0.15, -0.1) is 0 Å². The molecule has 1 unspecified atom stereocenters. The van der Waals surface area contributed by atoms with Crippen LogP contribution in [0.15, 0.2) is 27.8 Å². The summed E-state index contributed by atoms with van der Waals surface area (Å²) < 4.78 is 16.1. The monoisotopic (exact) mass is 480 g/mol. The molecule has 0 spiro atoms. The van der Waals surface area contributed by atoms with Gasteiger partial charge in [-0.3, -0.25) is 18.7 Å². The molecule has 3 aromatic rings. The number of aryl methyl sites for hydroxylation is 2. The second-order valence-corrected chi connectivity index (χ2v) is 8.62. The van der Waals surface area contributed by atoms with Crippen LogP contribution >= 0.6 is 0 Å². The average molecular weight is 481 g/mol. The molecule has 4 heterocycles. The van der Waals surface area contributed by atoms with Gasteiger partial charge in [-0.05, 0) is 30.7 Å². The molecule has 2 aliphatic rings. The minimum absolute atomic E-state index is 0.0559. The highest BCUT2D eigenvalue weighted by atomic mass is 16.6. The number of benzene rings is 1. The van der Waals surface area contributed by atoms with Gasteiger partial charge < -0.3 is 24.3 Å². The van der Waals surface area contributed by atoms with Crippen LogP contribution in [0.25, 0.3) is 23.3 Å². The van der Waals surface area contributed by atoms with Crippen molar-refractivity contribution >= 4 is 29.2 Å². The first kappa shape index (κ1) is 22.9. The minimum Gasteiger partial charge on any atom is -0.485 e. The number of hydrogen-bond donors (Lipinski definition) is 1. The van der Waals surface area contributed by atoms with Gasteiger partial charge in [-0.25, -0.2) is 9.78 Å². The second-order valence-electron chi connectivity index (χ2n) is 8.62. The Morgan fingerprint density at radius 3 is 2.66 bits per heavy atom. The van der Waals surface area contributed by atoms with E-state index in [1.807, 2.05) is 25.1 Å². The lowest BCUT2D eigenvalue weighted by molar-refractivity contribution is -0.141. The van der Waals surface area contributed by atoms with Gasteiger partial charge >= 0.3 is 5.69 Å². The number of piperazine rings is 1. The van der Waals surface area contributed by atoms with Crippen LogP contribution in [0.1, 0.15) is 18.3 Å². The highest BCUT2D eigenvalue weighted by molar-refractivity contribution is 5.82. The fraction of sp³-hybridized carbons (Fsp3) is 0.417. The zero-order valence-electron chi connectivity index (χ0n) is 20.0. The average Bonchev–Trinajstić information content (AvgIpc) is 3.21. The molecule has 0 bridgehead atoms. The molecule has 1 atom stereocenters. The number of amides is 1. The maximum atomic E-state index is 12.7. The Labute approximate surface area is 201 Å². The van der Waals surface area contributed by atoms with Crippen LogP contribution in [0.3, 0.4) is 0 Å². The first-order chi connectivity index (χ1) is 16.9. The zero-order chi connectivity index (χ0) is 24.7. The molecule has 11 nitrogen and oxygen atoms in total. The maximum Gasteiger partial charge on any atom is 0.332 e. The fourth-order valence-corrected chi connectivity index (χ4v) is 4.45. The number of fused-ring (bicyclic) bond motifs is 2. The van der Waals surface area contributed by atoms with Crippen molar-refractivity contribution in [2.75, 3.05) is 32.8 Å². The molecule has 0 saturated carbocycles. The topological polar surface area (TPSA) is 113 Å². The first-order valence-electron chi connectivity index (χ1n) is 11.7. The van der Waals surface area contributed by atoms with Crippen LogP contribution in [-0.4, -0.2) is 68.4 Å². The predicted molar refractivity (Wildman–Crippen MR) is 131 cm³/mol. The molecule has 1 aromatic carbocycles. The summed E-state index contributed by atoms with van der Waals surface area (Å²) in [4.78, 5) is 44.2. The lowest BCUT2D eigenvalue weighted by atomic mass is 10.1. The minimum atomic E-state index is -0.652. The van der Waals surface area contributed by atoms with E-state index in [-0.39, 0.29) is 23.8 Å². The lowest BCUT2D eigenvalue weighted by Gasteiger charge is -2.33. The molecule has 1 amide bonds. The maximum absolute atomic E-state index is 12.7. The number of carbonyl (C=O) groups excluding carboxylic acids is 1. The van der Waals surface area contributed by atoms with Crippen molar-refractivity contribution in [3.05, 3.63) is 50.4 Å². The SMILES string of the molecule is CCn1c(=O)n(C)c(=O)c2c1nc(/C=C/c1ccc3c(c1)OCC(C(=O)N1CCNCC1)O3)n2C. The van der Waals surface area contributed by atoms with Crippen molar-refractivity contribution in [1.29, 1.82) is 0 Å². The number of imidazole rings is 1. The van der Waals surface area contributed by atoms with Crippen molar-refractivity contribution in [3.63, 3.8) is 0 Å². The summed E-state index contributed by atoms with van der Waals surface area (Å²) in [6.45, 7) is 5.29. The quantitative estimate of drug-likeness (QED) is 0.568. The summed E-state index contributed by atoms with van der Waals surface area (Å²) in [6, 6.07) is 5.48. The Morgan fingerprint density at radius 1 is 1.14 bits per heavy atom. The molecule has 1 saturated heterocycles. The second kappa shape index (κ2) is 9.06. The molecular formula is C24H28N6O5. The van der Waals surface area contributed by atoms with Crippen molar-refractivity contribution in [3.8, 4) is 11.5 Å². The van der Waals surface area contributed by atoms with E-state index in [2.05, 4.69) is 10.3 Å². The standard InChI is InChI=1S/C24H28N6O5/c1-4-30-21-20(23(32)28(3)24(30)33)27(2)19(26-21)8-6-15-5-7-16-17(13-15)34-14-18(35-16)22(31)29-11-9-25-10-12-29/h5-8,13,18,25H,4,9-12,14H2,1-3H3/b8-6+. The van der Waals surface area contributed by atoms with E-state index in [0.29, 0.717) is 48.1 Å². The fourth-order valence-electron chi connectivity index (χ4n) is 4.45. The number of nitrogens with zero attached hydrogens (tertiary/aromatic N) is 5. The Morgan fingerprint density at radius 2 is 1.91 bits per heavy atom. The highest BCUT2D eigenvalue weighted by Gasteiger charge is 2.31. The summed E-state index contributed by atoms with van der Waals surface area (Å²) in [6.07, 6.45) is 2.98. The Kier molecular flexibility index (Phi) is 5.93. The van der Waals surface area contributed by atoms with Gasteiger partial charge in [0.2, 0.25) is 6.10 Å². The number of carbonyl (C=O) groups is 1. The van der Waals surface area contributed by atoms with E-state index in [0.717, 1.165) is 23.2 Å². The molecular weight excluding hydrogens is 452 g/mol. The Balaban J connectivity index is 1.38. The summed E-state index contributed by atoms with van der Waals surface area (Å²) in [5, 5.41) is 3.23. The first-order valence-corrected chi connectivity index (χ1v) is 11.7. The van der Waals surface area contributed by atoms with E-state index < -0.39 is 6.10 Å². The van der Waals surface area contributed by atoms with Crippen molar-refractivity contribution in [2.24, 2.45) is 14.1 Å². The van der Waals surface area contributed by atoms with Crippen LogP contribution in [0.4, 0.5) is 0 Å². The highest BCUT2D eigenvalue weighted by Crippen LogP contribution is 2.33. The van der Waals surface area contributed by atoms with E-state index in [9.17, 15) is 14.4 Å². The molecule has 5 rings (SSSR count). The third-order valence-electron chi connectivity index (χ3n) is 6.46. The molecule has 35 heavy (non-hydrogen) atoms. The number of hydrogen-bond acceptors (Lipinski definition) is 7. The molecule has 11 heteroatoms. The molecule has 2 aliphatic heterocycles. The number of rotatable bonds is 4. The molecule has 2 aromatic heterocycles. The Bertz CT molecular complexity index is 1440.